The van der Waals surface area contributed by atoms with Crippen LogP contribution in [0.3, 0.4) is 0 Å². The minimum atomic E-state index is -0.476. The van der Waals surface area contributed by atoms with E-state index in [1.54, 1.807) is 50.4 Å². The highest BCUT2D eigenvalue weighted by Gasteiger charge is 2.23. The molecule has 1 aromatic carbocycles. The highest BCUT2D eigenvalue weighted by atomic mass is 16.6. The van der Waals surface area contributed by atoms with Gasteiger partial charge in [0.05, 0.1) is 32.9 Å². The lowest BCUT2D eigenvalue weighted by Gasteiger charge is -2.34. The number of aromatic nitrogens is 1. The van der Waals surface area contributed by atoms with Crippen LogP contribution in [0.2, 0.25) is 0 Å². The fourth-order valence-corrected chi connectivity index (χ4v) is 3.65. The predicted molar refractivity (Wildman–Crippen MR) is 115 cm³/mol. The van der Waals surface area contributed by atoms with E-state index in [4.69, 9.17) is 14.2 Å². The maximum atomic E-state index is 12.8. The Bertz CT molecular complexity index is 944. The number of carbonyl (C=O) groups is 1. The van der Waals surface area contributed by atoms with Crippen LogP contribution >= 0.6 is 0 Å². The monoisotopic (exact) mass is 431 g/mol. The average molecular weight is 431 g/mol. The van der Waals surface area contributed by atoms with E-state index in [-0.39, 0.29) is 18.4 Å². The van der Waals surface area contributed by atoms with Crippen molar-refractivity contribution >= 4 is 6.09 Å². The Labute approximate surface area is 181 Å². The van der Waals surface area contributed by atoms with Crippen LogP contribution in [0.5, 0.6) is 17.2 Å². The first kappa shape index (κ1) is 22.5. The van der Waals surface area contributed by atoms with E-state index in [2.05, 4.69) is 4.90 Å². The van der Waals surface area contributed by atoms with Crippen LogP contribution in [0.25, 0.3) is 0 Å². The van der Waals surface area contributed by atoms with Crippen molar-refractivity contribution < 1.29 is 24.1 Å². The number of pyridine rings is 1. The molecule has 0 unspecified atom stereocenters. The summed E-state index contributed by atoms with van der Waals surface area (Å²) in [6, 6.07) is 7.16. The normalized spacial score (nSPS) is 14.4. The third kappa shape index (κ3) is 5.11. The Hall–Kier alpha value is -3.20. The van der Waals surface area contributed by atoms with Gasteiger partial charge in [-0.25, -0.2) is 4.79 Å². The fourth-order valence-electron chi connectivity index (χ4n) is 3.65. The molecule has 1 N–H and O–H groups in total. The average Bonchev–Trinajstić information content (AvgIpc) is 2.79. The first-order valence-corrected chi connectivity index (χ1v) is 10.2. The molecule has 0 aliphatic carbocycles. The molecule has 0 spiro atoms. The molecular weight excluding hydrogens is 402 g/mol. The van der Waals surface area contributed by atoms with Crippen LogP contribution in [-0.2, 0) is 17.8 Å². The highest BCUT2D eigenvalue weighted by molar-refractivity contribution is 5.67. The van der Waals surface area contributed by atoms with Crippen molar-refractivity contribution in [3.63, 3.8) is 0 Å². The summed E-state index contributed by atoms with van der Waals surface area (Å²) >= 11 is 0. The van der Waals surface area contributed by atoms with Gasteiger partial charge in [-0.15, -0.1) is 0 Å². The molecule has 1 aromatic heterocycles. The van der Waals surface area contributed by atoms with Crippen LogP contribution in [0.1, 0.15) is 18.1 Å². The van der Waals surface area contributed by atoms with Gasteiger partial charge in [0.2, 0.25) is 0 Å². The number of aromatic hydroxyl groups is 1. The lowest BCUT2D eigenvalue weighted by Crippen LogP contribution is -2.48. The van der Waals surface area contributed by atoms with Gasteiger partial charge < -0.3 is 28.8 Å². The molecule has 1 saturated heterocycles. The first-order valence-electron chi connectivity index (χ1n) is 10.2. The zero-order valence-electron chi connectivity index (χ0n) is 18.2. The lowest BCUT2D eigenvalue weighted by atomic mass is 10.1. The van der Waals surface area contributed by atoms with E-state index in [1.165, 1.54) is 4.57 Å². The summed E-state index contributed by atoms with van der Waals surface area (Å²) in [7, 11) is 3.12. The van der Waals surface area contributed by atoms with Crippen molar-refractivity contribution in [1.29, 1.82) is 0 Å². The van der Waals surface area contributed by atoms with Crippen LogP contribution in [0, 0.1) is 0 Å². The third-order valence-corrected chi connectivity index (χ3v) is 5.37. The quantitative estimate of drug-likeness (QED) is 0.716. The second-order valence-corrected chi connectivity index (χ2v) is 7.23. The highest BCUT2D eigenvalue weighted by Crippen LogP contribution is 2.29. The van der Waals surface area contributed by atoms with Crippen LogP contribution in [-0.4, -0.2) is 72.6 Å². The number of benzene rings is 1. The van der Waals surface area contributed by atoms with Gasteiger partial charge in [0.15, 0.2) is 5.75 Å². The van der Waals surface area contributed by atoms with Crippen molar-refractivity contribution in [3.05, 3.63) is 51.9 Å². The topological polar surface area (TPSA) is 93.5 Å². The van der Waals surface area contributed by atoms with E-state index in [0.29, 0.717) is 56.4 Å². The van der Waals surface area contributed by atoms with Gasteiger partial charge in [0.1, 0.15) is 11.5 Å². The van der Waals surface area contributed by atoms with Crippen molar-refractivity contribution in [2.45, 2.75) is 20.0 Å². The van der Waals surface area contributed by atoms with Crippen molar-refractivity contribution in [2.75, 3.05) is 47.0 Å². The zero-order chi connectivity index (χ0) is 22.4. The minimum absolute atomic E-state index is 0.206. The van der Waals surface area contributed by atoms with E-state index in [0.717, 1.165) is 5.56 Å². The van der Waals surface area contributed by atoms with Gasteiger partial charge >= 0.3 is 6.09 Å². The molecule has 0 atom stereocenters. The van der Waals surface area contributed by atoms with E-state index in [1.807, 2.05) is 6.07 Å². The number of carbonyl (C=O) groups excluding carboxylic acids is 1. The maximum absolute atomic E-state index is 12.8. The standard InChI is InChI=1S/C22H29N3O6/c1-4-31-22(28)24-12-10-23(11-13-24)14-16-8-9-25(21(27)20(16)26)15-17-18(29-2)6-5-7-19(17)30-3/h5-9,26H,4,10-15H2,1-3H3. The summed E-state index contributed by atoms with van der Waals surface area (Å²) in [5.74, 6) is 0.938. The third-order valence-electron chi connectivity index (χ3n) is 5.37. The molecule has 0 bridgehead atoms. The number of ether oxygens (including phenoxy) is 3. The molecule has 31 heavy (non-hydrogen) atoms. The second-order valence-electron chi connectivity index (χ2n) is 7.23. The molecule has 9 nitrogen and oxygen atoms in total. The SMILES string of the molecule is CCOC(=O)N1CCN(Cc2ccn(Cc3c(OC)cccc3OC)c(=O)c2O)CC1. The molecule has 168 valence electrons. The number of hydrogen-bond acceptors (Lipinski definition) is 7. The number of amides is 1. The van der Waals surface area contributed by atoms with Gasteiger partial charge in [-0.2, -0.15) is 0 Å². The number of piperazine rings is 1. The Morgan fingerprint density at radius 2 is 1.68 bits per heavy atom. The Balaban J connectivity index is 1.71. The number of hydrogen-bond donors (Lipinski definition) is 1. The Morgan fingerprint density at radius 1 is 1.03 bits per heavy atom. The van der Waals surface area contributed by atoms with E-state index < -0.39 is 5.56 Å². The van der Waals surface area contributed by atoms with Crippen molar-refractivity contribution in [1.82, 2.24) is 14.4 Å². The zero-order valence-corrected chi connectivity index (χ0v) is 18.2. The summed E-state index contributed by atoms with van der Waals surface area (Å²) < 4.78 is 17.2. The summed E-state index contributed by atoms with van der Waals surface area (Å²) in [5, 5.41) is 10.5. The molecule has 9 heteroatoms. The molecule has 1 aliphatic heterocycles. The fraction of sp³-hybridized carbons (Fsp3) is 0.455. The van der Waals surface area contributed by atoms with Gasteiger partial charge in [0, 0.05) is 44.5 Å². The van der Waals surface area contributed by atoms with E-state index >= 15 is 0 Å². The maximum Gasteiger partial charge on any atom is 0.409 e. The Kier molecular flexibility index (Phi) is 7.41. The molecule has 1 aliphatic rings. The molecule has 3 rings (SSSR count). The number of rotatable bonds is 7. The molecular formula is C22H29N3O6. The summed E-state index contributed by atoms with van der Waals surface area (Å²) in [6.45, 7) is 5.13. The second kappa shape index (κ2) is 10.2. The first-order chi connectivity index (χ1) is 15.0. The summed E-state index contributed by atoms with van der Waals surface area (Å²) in [5.41, 5.74) is 0.797. The summed E-state index contributed by atoms with van der Waals surface area (Å²) in [4.78, 5) is 28.4. The molecule has 2 heterocycles. The number of nitrogens with zero attached hydrogens (tertiary/aromatic N) is 3. The van der Waals surface area contributed by atoms with Gasteiger partial charge in [-0.05, 0) is 25.1 Å². The number of methoxy groups -OCH3 is 2. The predicted octanol–water partition coefficient (Wildman–Crippen LogP) is 1.89. The molecule has 1 fully saturated rings. The minimum Gasteiger partial charge on any atom is -0.503 e. The van der Waals surface area contributed by atoms with Crippen molar-refractivity contribution in [3.8, 4) is 17.2 Å². The van der Waals surface area contributed by atoms with Crippen LogP contribution in [0.4, 0.5) is 4.79 Å². The largest absolute Gasteiger partial charge is 0.503 e. The molecule has 0 radical (unpaired) electrons. The van der Waals surface area contributed by atoms with Crippen LogP contribution < -0.4 is 15.0 Å². The van der Waals surface area contributed by atoms with Gasteiger partial charge in [-0.3, -0.25) is 9.69 Å². The molecule has 2 aromatic rings. The molecule has 0 saturated carbocycles. The lowest BCUT2D eigenvalue weighted by molar-refractivity contribution is 0.0776. The van der Waals surface area contributed by atoms with Crippen molar-refractivity contribution in [2.24, 2.45) is 0 Å². The van der Waals surface area contributed by atoms with Gasteiger partial charge in [0.25, 0.3) is 5.56 Å². The van der Waals surface area contributed by atoms with E-state index in [9.17, 15) is 14.7 Å². The van der Waals surface area contributed by atoms with Crippen LogP contribution in [0.15, 0.2) is 35.3 Å². The molecule has 1 amide bonds. The summed E-state index contributed by atoms with van der Waals surface area (Å²) in [6.07, 6.45) is 1.36. The smallest absolute Gasteiger partial charge is 0.409 e. The Morgan fingerprint density at radius 3 is 2.26 bits per heavy atom. The van der Waals surface area contributed by atoms with Gasteiger partial charge in [-0.1, -0.05) is 6.07 Å².